The van der Waals surface area contributed by atoms with Gasteiger partial charge in [0.25, 0.3) is 5.89 Å². The van der Waals surface area contributed by atoms with Gasteiger partial charge in [-0.25, -0.2) is 0 Å². The largest absolute Gasteiger partial charge is 0.573 e. The molecule has 1 aromatic carbocycles. The van der Waals surface area contributed by atoms with Gasteiger partial charge >= 0.3 is 6.36 Å². The van der Waals surface area contributed by atoms with Gasteiger partial charge in [-0.2, -0.15) is 4.98 Å². The highest BCUT2D eigenvalue weighted by molar-refractivity contribution is 5.58. The Kier molecular flexibility index (Phi) is 3.13. The van der Waals surface area contributed by atoms with E-state index in [0.29, 0.717) is 17.1 Å². The number of halogens is 3. The monoisotopic (exact) mass is 295 g/mol. The average molecular weight is 295 g/mol. The topological polar surface area (TPSA) is 63.9 Å². The van der Waals surface area contributed by atoms with Crippen molar-refractivity contribution in [2.24, 2.45) is 0 Å². The summed E-state index contributed by atoms with van der Waals surface area (Å²) in [6, 6.07) is 8.76. The van der Waals surface area contributed by atoms with Crippen molar-refractivity contribution in [2.75, 3.05) is 0 Å². The maximum Gasteiger partial charge on any atom is 0.573 e. The Morgan fingerprint density at radius 3 is 2.48 bits per heavy atom. The average Bonchev–Trinajstić information content (AvgIpc) is 3.09. The first-order valence-corrected chi connectivity index (χ1v) is 5.85. The van der Waals surface area contributed by atoms with Crippen LogP contribution in [0.4, 0.5) is 13.2 Å². The molecule has 5 nitrogen and oxygen atoms in total. The van der Waals surface area contributed by atoms with Gasteiger partial charge in [-0.15, -0.1) is 13.2 Å². The molecule has 0 atom stereocenters. The van der Waals surface area contributed by atoms with E-state index >= 15 is 0 Å². The molecule has 0 saturated heterocycles. The molecule has 0 aliphatic rings. The second-order valence-electron chi connectivity index (χ2n) is 4.08. The van der Waals surface area contributed by atoms with E-state index in [4.69, 9.17) is 4.52 Å². The fourth-order valence-electron chi connectivity index (χ4n) is 1.72. The van der Waals surface area contributed by atoms with Crippen LogP contribution in [0.15, 0.2) is 47.1 Å². The van der Waals surface area contributed by atoms with Gasteiger partial charge in [0, 0.05) is 11.8 Å². The van der Waals surface area contributed by atoms with Crippen LogP contribution in [0.25, 0.3) is 23.0 Å². The Hall–Kier alpha value is -2.77. The second kappa shape index (κ2) is 4.97. The van der Waals surface area contributed by atoms with E-state index in [9.17, 15) is 13.2 Å². The van der Waals surface area contributed by atoms with Gasteiger partial charge in [0.1, 0.15) is 11.4 Å². The normalized spacial score (nSPS) is 11.6. The van der Waals surface area contributed by atoms with Crippen LogP contribution in [0.1, 0.15) is 0 Å². The predicted octanol–water partition coefficient (Wildman–Crippen LogP) is 3.63. The molecule has 0 fully saturated rings. The van der Waals surface area contributed by atoms with Crippen LogP contribution in [0, 0.1) is 0 Å². The van der Waals surface area contributed by atoms with Crippen molar-refractivity contribution in [1.29, 1.82) is 0 Å². The molecule has 2 heterocycles. The van der Waals surface area contributed by atoms with E-state index in [-0.39, 0.29) is 11.6 Å². The molecule has 0 spiro atoms. The molecule has 108 valence electrons. The lowest BCUT2D eigenvalue weighted by molar-refractivity contribution is -0.274. The molecular weight excluding hydrogens is 287 g/mol. The number of hydrogen-bond acceptors (Lipinski definition) is 4. The summed E-state index contributed by atoms with van der Waals surface area (Å²) < 4.78 is 45.0. The number of benzene rings is 1. The van der Waals surface area contributed by atoms with Gasteiger partial charge in [-0.1, -0.05) is 5.16 Å². The summed E-state index contributed by atoms with van der Waals surface area (Å²) in [6.07, 6.45) is -3.00. The Morgan fingerprint density at radius 2 is 1.86 bits per heavy atom. The zero-order valence-electron chi connectivity index (χ0n) is 10.4. The first kappa shape index (κ1) is 13.2. The minimum absolute atomic E-state index is 0.276. The van der Waals surface area contributed by atoms with E-state index in [1.54, 1.807) is 18.3 Å². The van der Waals surface area contributed by atoms with E-state index in [0.717, 1.165) is 0 Å². The van der Waals surface area contributed by atoms with Crippen LogP contribution in [0.5, 0.6) is 5.75 Å². The van der Waals surface area contributed by atoms with Crippen LogP contribution in [-0.4, -0.2) is 21.5 Å². The van der Waals surface area contributed by atoms with E-state index < -0.39 is 6.36 Å². The van der Waals surface area contributed by atoms with Gasteiger partial charge in [-0.05, 0) is 36.4 Å². The zero-order valence-corrected chi connectivity index (χ0v) is 10.4. The van der Waals surface area contributed by atoms with Crippen LogP contribution in [0.2, 0.25) is 0 Å². The van der Waals surface area contributed by atoms with Gasteiger partial charge in [0.15, 0.2) is 0 Å². The number of aromatic nitrogens is 3. The number of alkyl halides is 3. The minimum Gasteiger partial charge on any atom is -0.406 e. The van der Waals surface area contributed by atoms with Crippen LogP contribution < -0.4 is 4.74 Å². The number of ether oxygens (including phenoxy) is 1. The summed E-state index contributed by atoms with van der Waals surface area (Å²) in [5.74, 6) is 0.267. The molecule has 0 amide bonds. The van der Waals surface area contributed by atoms with E-state index in [1.807, 2.05) is 0 Å². The molecule has 1 N–H and O–H groups in total. The van der Waals surface area contributed by atoms with Crippen molar-refractivity contribution in [3.8, 4) is 28.7 Å². The van der Waals surface area contributed by atoms with Crippen molar-refractivity contribution in [1.82, 2.24) is 15.1 Å². The maximum atomic E-state index is 12.1. The lowest BCUT2D eigenvalue weighted by Gasteiger charge is -2.08. The summed E-state index contributed by atoms with van der Waals surface area (Å²) in [4.78, 5) is 7.07. The fourth-order valence-corrected chi connectivity index (χ4v) is 1.72. The number of rotatable bonds is 3. The van der Waals surface area contributed by atoms with Crippen molar-refractivity contribution in [3.05, 3.63) is 42.6 Å². The van der Waals surface area contributed by atoms with Gasteiger partial charge in [0.05, 0.1) is 0 Å². The van der Waals surface area contributed by atoms with Crippen molar-refractivity contribution < 1.29 is 22.4 Å². The smallest absolute Gasteiger partial charge is 0.406 e. The lowest BCUT2D eigenvalue weighted by Crippen LogP contribution is -2.16. The molecule has 0 radical (unpaired) electrons. The van der Waals surface area contributed by atoms with Crippen LogP contribution in [0.3, 0.4) is 0 Å². The molecular formula is C13H8F3N3O2. The minimum atomic E-state index is -4.71. The molecule has 0 saturated carbocycles. The van der Waals surface area contributed by atoms with Crippen molar-refractivity contribution >= 4 is 0 Å². The first-order valence-electron chi connectivity index (χ1n) is 5.85. The van der Waals surface area contributed by atoms with E-state index in [1.165, 1.54) is 24.3 Å². The molecule has 3 aromatic rings. The zero-order chi connectivity index (χ0) is 14.9. The number of aromatic amines is 1. The predicted molar refractivity (Wildman–Crippen MR) is 66.2 cm³/mol. The molecule has 3 rings (SSSR count). The maximum absolute atomic E-state index is 12.1. The third-order valence-electron chi connectivity index (χ3n) is 2.60. The van der Waals surface area contributed by atoms with Gasteiger partial charge in [0.2, 0.25) is 5.82 Å². The molecule has 0 aliphatic carbocycles. The van der Waals surface area contributed by atoms with E-state index in [2.05, 4.69) is 19.9 Å². The summed E-state index contributed by atoms with van der Waals surface area (Å²) in [5.41, 5.74) is 1.18. The summed E-state index contributed by atoms with van der Waals surface area (Å²) >= 11 is 0. The fraction of sp³-hybridized carbons (Fsp3) is 0.0769. The molecule has 0 bridgehead atoms. The Morgan fingerprint density at radius 1 is 1.10 bits per heavy atom. The quantitative estimate of drug-likeness (QED) is 0.801. The number of nitrogens with zero attached hydrogens (tertiary/aromatic N) is 2. The van der Waals surface area contributed by atoms with Gasteiger partial charge < -0.3 is 14.2 Å². The highest BCUT2D eigenvalue weighted by Crippen LogP contribution is 2.26. The number of hydrogen-bond donors (Lipinski definition) is 1. The van der Waals surface area contributed by atoms with Gasteiger partial charge in [-0.3, -0.25) is 0 Å². The standard InChI is InChI=1S/C13H8F3N3O2/c14-13(15,16)20-9-5-3-8(4-6-9)11-18-12(21-19-11)10-2-1-7-17-10/h1-7,17H. The molecule has 0 aliphatic heterocycles. The Balaban J connectivity index is 1.81. The molecule has 21 heavy (non-hydrogen) atoms. The highest BCUT2D eigenvalue weighted by Gasteiger charge is 2.31. The SMILES string of the molecule is FC(F)(F)Oc1ccc(-c2noc(-c3ccc[nH]3)n2)cc1. The highest BCUT2D eigenvalue weighted by atomic mass is 19.4. The lowest BCUT2D eigenvalue weighted by atomic mass is 10.2. The molecule has 2 aromatic heterocycles. The molecule has 0 unspecified atom stereocenters. The molecule has 8 heteroatoms. The Labute approximate surface area is 116 Å². The number of H-pyrrole nitrogens is 1. The third kappa shape index (κ3) is 3.04. The van der Waals surface area contributed by atoms with Crippen LogP contribution in [-0.2, 0) is 0 Å². The van der Waals surface area contributed by atoms with Crippen molar-refractivity contribution in [2.45, 2.75) is 6.36 Å². The second-order valence-corrected chi connectivity index (χ2v) is 4.08. The number of nitrogens with one attached hydrogen (secondary N) is 1. The summed E-state index contributed by atoms with van der Waals surface area (Å²) in [5, 5.41) is 3.78. The Bertz CT molecular complexity index is 718. The third-order valence-corrected chi connectivity index (χ3v) is 2.60. The first-order chi connectivity index (χ1) is 10.0. The summed E-state index contributed by atoms with van der Waals surface area (Å²) in [7, 11) is 0. The van der Waals surface area contributed by atoms with Crippen molar-refractivity contribution in [3.63, 3.8) is 0 Å². The van der Waals surface area contributed by atoms with Crippen LogP contribution >= 0.6 is 0 Å². The summed E-state index contributed by atoms with van der Waals surface area (Å²) in [6.45, 7) is 0.